The van der Waals surface area contributed by atoms with Crippen molar-refractivity contribution in [3.63, 3.8) is 0 Å². The predicted molar refractivity (Wildman–Crippen MR) is 113 cm³/mol. The number of aliphatic hydroxyl groups is 1. The molecule has 3 rings (SSSR count). The van der Waals surface area contributed by atoms with Gasteiger partial charge in [-0.1, -0.05) is 36.1 Å². The average Bonchev–Trinajstić information content (AvgIpc) is 2.93. The molecule has 0 unspecified atom stereocenters. The van der Waals surface area contributed by atoms with E-state index < -0.39 is 16.6 Å². The van der Waals surface area contributed by atoms with E-state index in [9.17, 15) is 19.3 Å². The van der Waals surface area contributed by atoms with Crippen LogP contribution >= 0.6 is 35.7 Å². The van der Waals surface area contributed by atoms with Crippen molar-refractivity contribution < 1.29 is 19.2 Å². The van der Waals surface area contributed by atoms with E-state index in [0.717, 1.165) is 11.8 Å². The first-order valence-electron chi connectivity index (χ1n) is 7.96. The molecule has 28 heavy (non-hydrogen) atoms. The molecule has 1 saturated heterocycles. The number of hydrogen-bond donors (Lipinski definition) is 1. The molecule has 2 aromatic rings. The number of thiocarbonyl (C=S) groups is 1. The summed E-state index contributed by atoms with van der Waals surface area (Å²) in [6.07, 6.45) is 1.52. The van der Waals surface area contributed by atoms with Crippen LogP contribution in [0.2, 0.25) is 0 Å². The van der Waals surface area contributed by atoms with Gasteiger partial charge in [0.2, 0.25) is 0 Å². The number of aliphatic hydroxyl groups excluding tert-OH is 1. The van der Waals surface area contributed by atoms with E-state index in [1.807, 2.05) is 0 Å². The zero-order valence-corrected chi connectivity index (χ0v) is 16.7. The number of halogens is 1. The van der Waals surface area contributed by atoms with Gasteiger partial charge in [0.25, 0.3) is 11.6 Å². The highest BCUT2D eigenvalue weighted by atomic mass is 32.2. The average molecular weight is 437 g/mol. The second-order valence-electron chi connectivity index (χ2n) is 5.55. The fraction of sp³-hybridized carbons (Fsp3) is 0.111. The molecule has 1 amide bonds. The first-order chi connectivity index (χ1) is 13.4. The SMILES string of the molecule is O=C1C(=Cc2ccc(SCCO)c([N+](=O)[O-])c2)SC(=S)N1c1cccc(F)c1. The highest BCUT2D eigenvalue weighted by molar-refractivity contribution is 8.27. The predicted octanol–water partition coefficient (Wildman–Crippen LogP) is 4.22. The number of thioether (sulfide) groups is 2. The number of amides is 1. The second kappa shape index (κ2) is 8.82. The summed E-state index contributed by atoms with van der Waals surface area (Å²) in [7, 11) is 0. The summed E-state index contributed by atoms with van der Waals surface area (Å²) in [5, 5.41) is 20.2. The van der Waals surface area contributed by atoms with Gasteiger partial charge in [-0.3, -0.25) is 19.8 Å². The van der Waals surface area contributed by atoms with Crippen molar-refractivity contribution in [1.82, 2.24) is 0 Å². The van der Waals surface area contributed by atoms with Crippen LogP contribution in [0.1, 0.15) is 5.56 Å². The summed E-state index contributed by atoms with van der Waals surface area (Å²) in [5.74, 6) is -0.559. The van der Waals surface area contributed by atoms with Gasteiger partial charge in [-0.05, 0) is 35.9 Å². The fourth-order valence-electron chi connectivity index (χ4n) is 2.50. The van der Waals surface area contributed by atoms with Crippen LogP contribution < -0.4 is 4.90 Å². The van der Waals surface area contributed by atoms with Crippen LogP contribution in [0.4, 0.5) is 15.8 Å². The van der Waals surface area contributed by atoms with E-state index in [-0.39, 0.29) is 16.6 Å². The number of nitrogens with zero attached hydrogens (tertiary/aromatic N) is 2. The quantitative estimate of drug-likeness (QED) is 0.239. The van der Waals surface area contributed by atoms with Gasteiger partial charge in [-0.25, -0.2) is 4.39 Å². The number of anilines is 1. The molecule has 0 radical (unpaired) electrons. The molecule has 1 N–H and O–H groups in total. The summed E-state index contributed by atoms with van der Waals surface area (Å²) in [5.41, 5.74) is 0.695. The Morgan fingerprint density at radius 1 is 1.32 bits per heavy atom. The minimum absolute atomic E-state index is 0.0911. The van der Waals surface area contributed by atoms with E-state index in [0.29, 0.717) is 26.8 Å². The van der Waals surface area contributed by atoms with Gasteiger partial charge < -0.3 is 5.11 Å². The number of carbonyl (C=O) groups excluding carboxylic acids is 1. The molecule has 0 bridgehead atoms. The van der Waals surface area contributed by atoms with Crippen LogP contribution in [0.15, 0.2) is 52.3 Å². The smallest absolute Gasteiger partial charge is 0.283 e. The van der Waals surface area contributed by atoms with Gasteiger partial charge in [0, 0.05) is 11.8 Å². The maximum Gasteiger partial charge on any atom is 0.283 e. The molecule has 144 valence electrons. The largest absolute Gasteiger partial charge is 0.396 e. The number of nitro benzene ring substituents is 1. The normalized spacial score (nSPS) is 15.5. The zero-order valence-electron chi connectivity index (χ0n) is 14.2. The van der Waals surface area contributed by atoms with Crippen molar-refractivity contribution in [2.24, 2.45) is 0 Å². The first kappa shape index (κ1) is 20.5. The Morgan fingerprint density at radius 2 is 2.11 bits per heavy atom. The molecular formula is C18H13FN2O4S3. The summed E-state index contributed by atoms with van der Waals surface area (Å²) in [4.78, 5) is 25.5. The third-order valence-corrected chi connectivity index (χ3v) is 6.03. The van der Waals surface area contributed by atoms with Crippen molar-refractivity contribution in [3.05, 3.63) is 68.9 Å². The number of carbonyl (C=O) groups is 1. The van der Waals surface area contributed by atoms with Crippen LogP contribution in [0.3, 0.4) is 0 Å². The Kier molecular flexibility index (Phi) is 6.45. The van der Waals surface area contributed by atoms with Crippen molar-refractivity contribution in [2.75, 3.05) is 17.3 Å². The lowest BCUT2D eigenvalue weighted by molar-refractivity contribution is -0.387. The molecule has 1 aliphatic rings. The summed E-state index contributed by atoms with van der Waals surface area (Å²) >= 11 is 7.47. The van der Waals surface area contributed by atoms with Crippen LogP contribution in [0, 0.1) is 15.9 Å². The van der Waals surface area contributed by atoms with E-state index >= 15 is 0 Å². The number of hydrogen-bond acceptors (Lipinski definition) is 7. The number of rotatable bonds is 6. The maximum absolute atomic E-state index is 13.5. The van der Waals surface area contributed by atoms with Crippen molar-refractivity contribution in [3.8, 4) is 0 Å². The third-order valence-electron chi connectivity index (χ3n) is 3.69. The Bertz CT molecular complexity index is 997. The molecule has 6 nitrogen and oxygen atoms in total. The van der Waals surface area contributed by atoms with Crippen molar-refractivity contribution >= 4 is 63.4 Å². The Balaban J connectivity index is 1.91. The molecular weight excluding hydrogens is 423 g/mol. The lowest BCUT2D eigenvalue weighted by Crippen LogP contribution is -2.27. The monoisotopic (exact) mass is 436 g/mol. The molecule has 2 aromatic carbocycles. The van der Waals surface area contributed by atoms with Crippen LogP contribution in [-0.2, 0) is 4.79 Å². The highest BCUT2D eigenvalue weighted by Crippen LogP contribution is 2.37. The minimum Gasteiger partial charge on any atom is -0.396 e. The molecule has 0 atom stereocenters. The number of benzene rings is 2. The molecule has 1 aliphatic heterocycles. The van der Waals surface area contributed by atoms with Gasteiger partial charge in [0.1, 0.15) is 5.82 Å². The van der Waals surface area contributed by atoms with E-state index in [1.165, 1.54) is 47.0 Å². The van der Waals surface area contributed by atoms with Gasteiger partial charge >= 0.3 is 0 Å². The molecule has 1 fully saturated rings. The molecule has 0 aromatic heterocycles. The Hall–Kier alpha value is -2.27. The van der Waals surface area contributed by atoms with E-state index in [4.69, 9.17) is 17.3 Å². The summed E-state index contributed by atoms with van der Waals surface area (Å²) in [6.45, 7) is -0.0911. The van der Waals surface area contributed by atoms with Crippen molar-refractivity contribution in [1.29, 1.82) is 0 Å². The molecule has 1 heterocycles. The molecule has 0 spiro atoms. The first-order valence-corrected chi connectivity index (χ1v) is 10.2. The maximum atomic E-state index is 13.5. The Labute approximate surface area is 173 Å². The van der Waals surface area contributed by atoms with Crippen LogP contribution in [-0.4, -0.2) is 32.6 Å². The van der Waals surface area contributed by atoms with Crippen molar-refractivity contribution in [2.45, 2.75) is 4.90 Å². The highest BCUT2D eigenvalue weighted by Gasteiger charge is 2.33. The lowest BCUT2D eigenvalue weighted by Gasteiger charge is -2.14. The summed E-state index contributed by atoms with van der Waals surface area (Å²) < 4.78 is 13.7. The summed E-state index contributed by atoms with van der Waals surface area (Å²) in [6, 6.07) is 10.2. The van der Waals surface area contributed by atoms with E-state index in [1.54, 1.807) is 18.2 Å². The topological polar surface area (TPSA) is 83.7 Å². The van der Waals surface area contributed by atoms with E-state index in [2.05, 4.69) is 0 Å². The fourth-order valence-corrected chi connectivity index (χ4v) is 4.56. The van der Waals surface area contributed by atoms with Gasteiger partial charge in [-0.2, -0.15) is 0 Å². The minimum atomic E-state index is -0.505. The standard InChI is InChI=1S/C18H13FN2O4S3/c19-12-2-1-3-13(10-12)20-17(23)16(28-18(20)26)9-11-4-5-15(27-7-6-22)14(8-11)21(24)25/h1-5,8-10,22H,6-7H2. The third kappa shape index (κ3) is 4.41. The van der Waals surface area contributed by atoms with Crippen LogP contribution in [0.25, 0.3) is 6.08 Å². The van der Waals surface area contributed by atoms with Gasteiger partial charge in [-0.15, -0.1) is 11.8 Å². The zero-order chi connectivity index (χ0) is 20.3. The lowest BCUT2D eigenvalue weighted by atomic mass is 10.2. The Morgan fingerprint density at radius 3 is 2.79 bits per heavy atom. The van der Waals surface area contributed by atoms with Crippen LogP contribution in [0.5, 0.6) is 0 Å². The van der Waals surface area contributed by atoms with Gasteiger partial charge in [0.05, 0.1) is 27.0 Å². The second-order valence-corrected chi connectivity index (χ2v) is 8.37. The van der Waals surface area contributed by atoms with Gasteiger partial charge in [0.15, 0.2) is 4.32 Å². The number of nitro groups is 1. The molecule has 10 heteroatoms. The molecule has 0 saturated carbocycles. The molecule has 0 aliphatic carbocycles.